The van der Waals surface area contributed by atoms with Crippen molar-refractivity contribution in [2.45, 2.75) is 64.2 Å². The fourth-order valence-corrected chi connectivity index (χ4v) is 3.76. The molecule has 0 radical (unpaired) electrons. The molecule has 1 saturated carbocycles. The summed E-state index contributed by atoms with van der Waals surface area (Å²) >= 11 is 0. The van der Waals surface area contributed by atoms with Crippen LogP contribution in [-0.4, -0.2) is 16.6 Å². The van der Waals surface area contributed by atoms with E-state index in [2.05, 4.69) is 16.9 Å². The van der Waals surface area contributed by atoms with Crippen LogP contribution in [0.3, 0.4) is 0 Å². The van der Waals surface area contributed by atoms with Crippen LogP contribution in [0, 0.1) is 23.1 Å². The maximum atomic E-state index is 13.7. The monoisotopic (exact) mass is 381 g/mol. The van der Waals surface area contributed by atoms with Gasteiger partial charge in [0, 0.05) is 24.4 Å². The maximum Gasteiger partial charge on any atom is 0.144 e. The summed E-state index contributed by atoms with van der Waals surface area (Å²) in [7, 11) is 0. The highest BCUT2D eigenvalue weighted by Crippen LogP contribution is 2.34. The van der Waals surface area contributed by atoms with Gasteiger partial charge in [-0.05, 0) is 62.1 Å². The number of aromatic nitrogens is 2. The molecule has 1 fully saturated rings. The summed E-state index contributed by atoms with van der Waals surface area (Å²) in [6.45, 7) is 2.79. The molecule has 1 heterocycles. The van der Waals surface area contributed by atoms with E-state index < -0.39 is 5.82 Å². The van der Waals surface area contributed by atoms with Crippen molar-refractivity contribution < 1.29 is 9.13 Å². The molecule has 148 valence electrons. The minimum Gasteiger partial charge on any atom is -0.493 e. The van der Waals surface area contributed by atoms with Crippen molar-refractivity contribution in [1.29, 1.82) is 5.26 Å². The number of unbranched alkanes of at least 4 members (excludes halogenated alkanes) is 2. The summed E-state index contributed by atoms with van der Waals surface area (Å²) in [4.78, 5) is 9.23. The van der Waals surface area contributed by atoms with E-state index in [0.29, 0.717) is 24.2 Å². The van der Waals surface area contributed by atoms with E-state index in [0.717, 1.165) is 37.9 Å². The Morgan fingerprint density at radius 1 is 1.14 bits per heavy atom. The van der Waals surface area contributed by atoms with Crippen LogP contribution in [0.15, 0.2) is 30.6 Å². The molecule has 2 aromatic rings. The van der Waals surface area contributed by atoms with Crippen molar-refractivity contribution in [2.24, 2.45) is 5.92 Å². The summed E-state index contributed by atoms with van der Waals surface area (Å²) < 4.78 is 19.4. The number of ether oxygens (including phenoxy) is 1. The molecular weight excluding hydrogens is 353 g/mol. The Kier molecular flexibility index (Phi) is 7.36. The molecule has 0 bridgehead atoms. The first-order chi connectivity index (χ1) is 13.7. The average molecular weight is 381 g/mol. The molecule has 0 unspecified atom stereocenters. The first-order valence-corrected chi connectivity index (χ1v) is 10.3. The fraction of sp³-hybridized carbons (Fsp3) is 0.522. The van der Waals surface area contributed by atoms with Crippen LogP contribution in [0.1, 0.15) is 74.7 Å². The molecule has 0 spiro atoms. The molecule has 1 aliphatic rings. The standard InChI is InChI=1S/C23H28FN3O/c1-2-3-4-5-18-14-26-23(27-15-18)19-8-6-17(7-9-19)16-28-21-11-10-20(13-25)22(24)12-21/h10-12,14-15,17,19H,2-9,16H2,1H3. The number of nitriles is 1. The van der Waals surface area contributed by atoms with E-state index in [1.807, 2.05) is 18.5 Å². The molecule has 0 saturated heterocycles. The van der Waals surface area contributed by atoms with Crippen LogP contribution in [0.25, 0.3) is 0 Å². The van der Waals surface area contributed by atoms with Gasteiger partial charge in [-0.1, -0.05) is 19.8 Å². The van der Waals surface area contributed by atoms with Gasteiger partial charge < -0.3 is 4.74 Å². The molecule has 5 heteroatoms. The number of rotatable bonds is 8. The second kappa shape index (κ2) is 10.2. The molecule has 1 aromatic carbocycles. The van der Waals surface area contributed by atoms with E-state index in [-0.39, 0.29) is 5.56 Å². The van der Waals surface area contributed by atoms with Crippen LogP contribution in [0.4, 0.5) is 4.39 Å². The second-order valence-corrected chi connectivity index (χ2v) is 7.69. The highest BCUT2D eigenvalue weighted by Gasteiger charge is 2.24. The third kappa shape index (κ3) is 5.51. The predicted octanol–water partition coefficient (Wildman–Crippen LogP) is 5.57. The average Bonchev–Trinajstić information content (AvgIpc) is 2.73. The first kappa shape index (κ1) is 20.3. The van der Waals surface area contributed by atoms with Crippen molar-refractivity contribution >= 4 is 0 Å². The van der Waals surface area contributed by atoms with Crippen molar-refractivity contribution in [1.82, 2.24) is 9.97 Å². The number of halogens is 1. The molecule has 4 nitrogen and oxygen atoms in total. The molecule has 0 atom stereocenters. The Bertz CT molecular complexity index is 792. The number of benzene rings is 1. The van der Waals surface area contributed by atoms with Crippen LogP contribution in [0.5, 0.6) is 5.75 Å². The zero-order chi connectivity index (χ0) is 19.8. The lowest BCUT2D eigenvalue weighted by Crippen LogP contribution is -2.20. The largest absolute Gasteiger partial charge is 0.493 e. The molecule has 3 rings (SSSR count). The normalized spacial score (nSPS) is 19.2. The van der Waals surface area contributed by atoms with E-state index >= 15 is 0 Å². The molecule has 1 aliphatic carbocycles. The fourth-order valence-electron chi connectivity index (χ4n) is 3.76. The second-order valence-electron chi connectivity index (χ2n) is 7.69. The number of aryl methyl sites for hydroxylation is 1. The van der Waals surface area contributed by atoms with Gasteiger partial charge in [-0.3, -0.25) is 0 Å². The van der Waals surface area contributed by atoms with Gasteiger partial charge in [0.1, 0.15) is 23.5 Å². The lowest BCUT2D eigenvalue weighted by atomic mass is 9.82. The van der Waals surface area contributed by atoms with Crippen LogP contribution in [0.2, 0.25) is 0 Å². The minimum absolute atomic E-state index is 0.0456. The van der Waals surface area contributed by atoms with Gasteiger partial charge in [0.15, 0.2) is 0 Å². The predicted molar refractivity (Wildman–Crippen MR) is 107 cm³/mol. The Morgan fingerprint density at radius 2 is 1.89 bits per heavy atom. The third-order valence-electron chi connectivity index (χ3n) is 5.55. The summed E-state index contributed by atoms with van der Waals surface area (Å²) in [5.41, 5.74) is 1.28. The van der Waals surface area contributed by atoms with Gasteiger partial charge in [-0.15, -0.1) is 0 Å². The molecule has 0 aliphatic heterocycles. The zero-order valence-corrected chi connectivity index (χ0v) is 16.5. The van der Waals surface area contributed by atoms with Gasteiger partial charge in [0.25, 0.3) is 0 Å². The molecule has 0 amide bonds. The lowest BCUT2D eigenvalue weighted by Gasteiger charge is -2.27. The Labute approximate surface area is 166 Å². The Balaban J connectivity index is 1.44. The third-order valence-corrected chi connectivity index (χ3v) is 5.55. The summed E-state index contributed by atoms with van der Waals surface area (Å²) in [6, 6.07) is 6.23. The molecule has 0 N–H and O–H groups in total. The quantitative estimate of drug-likeness (QED) is 0.561. The molecule has 28 heavy (non-hydrogen) atoms. The molecular formula is C23H28FN3O. The van der Waals surface area contributed by atoms with Crippen LogP contribution in [-0.2, 0) is 6.42 Å². The highest BCUT2D eigenvalue weighted by molar-refractivity contribution is 5.36. The first-order valence-electron chi connectivity index (χ1n) is 10.3. The Hall–Kier alpha value is -2.48. The zero-order valence-electron chi connectivity index (χ0n) is 16.5. The van der Waals surface area contributed by atoms with E-state index in [9.17, 15) is 4.39 Å². The van der Waals surface area contributed by atoms with Gasteiger partial charge in [-0.2, -0.15) is 5.26 Å². The van der Waals surface area contributed by atoms with Gasteiger partial charge in [0.2, 0.25) is 0 Å². The summed E-state index contributed by atoms with van der Waals surface area (Å²) in [5, 5.41) is 8.78. The lowest BCUT2D eigenvalue weighted by molar-refractivity contribution is 0.197. The minimum atomic E-state index is -0.529. The number of hydrogen-bond donors (Lipinski definition) is 0. The van der Waals surface area contributed by atoms with Gasteiger partial charge in [-0.25, -0.2) is 14.4 Å². The van der Waals surface area contributed by atoms with Crippen molar-refractivity contribution in [2.75, 3.05) is 6.61 Å². The van der Waals surface area contributed by atoms with Crippen molar-refractivity contribution in [3.05, 3.63) is 53.4 Å². The summed E-state index contributed by atoms with van der Waals surface area (Å²) in [6.07, 6.45) is 13.0. The van der Waals surface area contributed by atoms with Crippen molar-refractivity contribution in [3.8, 4) is 11.8 Å². The SMILES string of the molecule is CCCCCc1cnc(C2CCC(COc3ccc(C#N)c(F)c3)CC2)nc1. The van der Waals surface area contributed by atoms with E-state index in [1.54, 1.807) is 6.07 Å². The molecule has 1 aromatic heterocycles. The van der Waals surface area contributed by atoms with Gasteiger partial charge >= 0.3 is 0 Å². The van der Waals surface area contributed by atoms with Crippen LogP contribution < -0.4 is 4.74 Å². The number of hydrogen-bond acceptors (Lipinski definition) is 4. The van der Waals surface area contributed by atoms with E-state index in [1.165, 1.54) is 37.0 Å². The number of nitrogens with zero attached hydrogens (tertiary/aromatic N) is 3. The Morgan fingerprint density at radius 3 is 2.54 bits per heavy atom. The van der Waals surface area contributed by atoms with Gasteiger partial charge in [0.05, 0.1) is 12.2 Å². The highest BCUT2D eigenvalue weighted by atomic mass is 19.1. The van der Waals surface area contributed by atoms with Crippen molar-refractivity contribution in [3.63, 3.8) is 0 Å². The summed E-state index contributed by atoms with van der Waals surface area (Å²) in [5.74, 6) is 1.81. The van der Waals surface area contributed by atoms with E-state index in [4.69, 9.17) is 10.00 Å². The maximum absolute atomic E-state index is 13.7. The van der Waals surface area contributed by atoms with Crippen LogP contribution >= 0.6 is 0 Å². The topological polar surface area (TPSA) is 58.8 Å². The smallest absolute Gasteiger partial charge is 0.144 e.